The molecule has 1 saturated heterocycles. The van der Waals surface area contributed by atoms with Gasteiger partial charge < -0.3 is 4.90 Å². The highest BCUT2D eigenvalue weighted by Gasteiger charge is 2.37. The van der Waals surface area contributed by atoms with Gasteiger partial charge in [-0.1, -0.05) is 43.3 Å². The molecule has 1 aliphatic carbocycles. The minimum Gasteiger partial charge on any atom is -0.369 e. The molecule has 0 amide bonds. The molecule has 0 saturated carbocycles. The van der Waals surface area contributed by atoms with E-state index in [9.17, 15) is 13.2 Å². The maximum atomic E-state index is 13.7. The highest BCUT2D eigenvalue weighted by molar-refractivity contribution is 7.90. The van der Waals surface area contributed by atoms with Crippen LogP contribution in [0.5, 0.6) is 0 Å². The Labute approximate surface area is 214 Å². The summed E-state index contributed by atoms with van der Waals surface area (Å²) in [6, 6.07) is 19.0. The second kappa shape index (κ2) is 10.2. The van der Waals surface area contributed by atoms with E-state index in [0.717, 1.165) is 44.7 Å². The molecule has 1 unspecified atom stereocenters. The number of benzene rings is 2. The first-order chi connectivity index (χ1) is 17.4. The van der Waals surface area contributed by atoms with Crippen LogP contribution in [0.1, 0.15) is 47.1 Å². The Bertz CT molecular complexity index is 1330. The van der Waals surface area contributed by atoms with Gasteiger partial charge in [0, 0.05) is 54.7 Å². The molecule has 190 valence electrons. The quantitative estimate of drug-likeness (QED) is 0.471. The SMILES string of the molecule is CCc1c2c(n(S(=O)(=O)c3ccccc3)c1C)CCC(CCN1CCN(c3ccccc3)CC1)C2=O. The van der Waals surface area contributed by atoms with Crippen LogP contribution in [0.25, 0.3) is 0 Å². The molecule has 0 bridgehead atoms. The van der Waals surface area contributed by atoms with Crippen LogP contribution in [-0.2, 0) is 22.9 Å². The largest absolute Gasteiger partial charge is 0.369 e. The fraction of sp³-hybridized carbons (Fsp3) is 0.414. The maximum absolute atomic E-state index is 13.7. The summed E-state index contributed by atoms with van der Waals surface area (Å²) in [7, 11) is -3.75. The van der Waals surface area contributed by atoms with E-state index < -0.39 is 10.0 Å². The zero-order valence-corrected chi connectivity index (χ0v) is 22.0. The third-order valence-corrected chi connectivity index (χ3v) is 9.69. The number of fused-ring (bicyclic) bond motifs is 1. The van der Waals surface area contributed by atoms with Gasteiger partial charge >= 0.3 is 0 Å². The van der Waals surface area contributed by atoms with Crippen LogP contribution in [-0.4, -0.2) is 55.8 Å². The zero-order valence-electron chi connectivity index (χ0n) is 21.2. The monoisotopic (exact) mass is 505 g/mol. The molecule has 6 nitrogen and oxygen atoms in total. The zero-order chi connectivity index (χ0) is 25.3. The predicted octanol–water partition coefficient (Wildman–Crippen LogP) is 4.55. The average Bonchev–Trinajstić information content (AvgIpc) is 3.22. The van der Waals surface area contributed by atoms with Gasteiger partial charge in [-0.3, -0.25) is 9.69 Å². The number of nitrogens with zero attached hydrogens (tertiary/aromatic N) is 3. The summed E-state index contributed by atoms with van der Waals surface area (Å²) in [4.78, 5) is 18.8. The number of hydrogen-bond donors (Lipinski definition) is 0. The van der Waals surface area contributed by atoms with Gasteiger partial charge in [-0.15, -0.1) is 0 Å². The van der Waals surface area contributed by atoms with Crippen molar-refractivity contribution >= 4 is 21.5 Å². The number of piperazine rings is 1. The number of aromatic nitrogens is 1. The second-order valence-electron chi connectivity index (χ2n) is 9.87. The third kappa shape index (κ3) is 4.50. The number of Topliss-reactive ketones (excluding diaryl/α,β-unsaturated/α-hetero) is 1. The molecule has 7 heteroatoms. The molecule has 2 aromatic carbocycles. The molecule has 5 rings (SSSR count). The van der Waals surface area contributed by atoms with Crippen molar-refractivity contribution in [1.29, 1.82) is 0 Å². The van der Waals surface area contributed by atoms with Crippen LogP contribution >= 0.6 is 0 Å². The summed E-state index contributed by atoms with van der Waals surface area (Å²) in [5, 5.41) is 0. The number of ketones is 1. The van der Waals surface area contributed by atoms with Crippen molar-refractivity contribution in [2.24, 2.45) is 5.92 Å². The summed E-state index contributed by atoms with van der Waals surface area (Å²) >= 11 is 0. The minimum absolute atomic E-state index is 0.0513. The van der Waals surface area contributed by atoms with Gasteiger partial charge in [0.2, 0.25) is 0 Å². The van der Waals surface area contributed by atoms with Crippen molar-refractivity contribution in [3.05, 3.63) is 83.2 Å². The molecule has 1 atom stereocenters. The topological polar surface area (TPSA) is 62.6 Å². The Balaban J connectivity index is 1.30. The van der Waals surface area contributed by atoms with Gasteiger partial charge in [-0.05, 0) is 69.0 Å². The van der Waals surface area contributed by atoms with E-state index in [-0.39, 0.29) is 16.6 Å². The van der Waals surface area contributed by atoms with E-state index in [1.807, 2.05) is 26.0 Å². The van der Waals surface area contributed by atoms with Gasteiger partial charge in [0.05, 0.1) is 4.90 Å². The van der Waals surface area contributed by atoms with Gasteiger partial charge in [0.25, 0.3) is 10.0 Å². The van der Waals surface area contributed by atoms with Crippen LogP contribution in [0.4, 0.5) is 5.69 Å². The summed E-state index contributed by atoms with van der Waals surface area (Å²) in [5.74, 6) is 0.0748. The average molecular weight is 506 g/mol. The van der Waals surface area contributed by atoms with E-state index in [1.165, 1.54) is 9.66 Å². The summed E-state index contributed by atoms with van der Waals surface area (Å²) in [6.45, 7) is 8.71. The molecule has 0 radical (unpaired) electrons. The highest BCUT2D eigenvalue weighted by Crippen LogP contribution is 2.36. The third-order valence-electron chi connectivity index (χ3n) is 7.85. The summed E-state index contributed by atoms with van der Waals surface area (Å²) in [5.41, 5.74) is 4.17. The normalized spacial score (nSPS) is 18.9. The van der Waals surface area contributed by atoms with E-state index >= 15 is 0 Å². The van der Waals surface area contributed by atoms with Gasteiger partial charge in [-0.25, -0.2) is 12.4 Å². The molecule has 36 heavy (non-hydrogen) atoms. The fourth-order valence-corrected chi connectivity index (χ4v) is 7.54. The molecule has 2 aliphatic rings. The lowest BCUT2D eigenvalue weighted by Crippen LogP contribution is -2.47. The van der Waals surface area contributed by atoms with Gasteiger partial charge in [0.1, 0.15) is 0 Å². The van der Waals surface area contributed by atoms with Crippen LogP contribution in [0.2, 0.25) is 0 Å². The summed E-state index contributed by atoms with van der Waals surface area (Å²) < 4.78 is 28.5. The van der Waals surface area contributed by atoms with E-state index in [1.54, 1.807) is 24.3 Å². The van der Waals surface area contributed by atoms with Crippen LogP contribution in [0, 0.1) is 12.8 Å². The fourth-order valence-electron chi connectivity index (χ4n) is 5.88. The number of hydrogen-bond acceptors (Lipinski definition) is 5. The van der Waals surface area contributed by atoms with E-state index in [2.05, 4.69) is 34.1 Å². The predicted molar refractivity (Wildman–Crippen MR) is 143 cm³/mol. The number of carbonyl (C=O) groups is 1. The molecule has 1 fully saturated rings. The lowest BCUT2D eigenvalue weighted by molar-refractivity contribution is 0.0880. The maximum Gasteiger partial charge on any atom is 0.268 e. The molecule has 2 heterocycles. The number of carbonyl (C=O) groups excluding carboxylic acids is 1. The lowest BCUT2D eigenvalue weighted by atomic mass is 9.82. The van der Waals surface area contributed by atoms with Crippen molar-refractivity contribution in [2.75, 3.05) is 37.6 Å². The van der Waals surface area contributed by atoms with Gasteiger partial charge in [-0.2, -0.15) is 0 Å². The van der Waals surface area contributed by atoms with Crippen LogP contribution in [0.15, 0.2) is 65.6 Å². The molecule has 0 N–H and O–H groups in total. The number of anilines is 1. The standard InChI is InChI=1S/C29H35N3O3S/c1-3-26-22(2)32(36(34,35)25-12-8-5-9-13-25)27-15-14-23(29(33)28(26)27)16-17-30-18-20-31(21-19-30)24-10-6-4-7-11-24/h4-13,23H,3,14-21H2,1-2H3. The number of rotatable bonds is 7. The van der Waals surface area contributed by atoms with Crippen LogP contribution in [0.3, 0.4) is 0 Å². The Morgan fingerprint density at radius 1 is 0.917 bits per heavy atom. The van der Waals surface area contributed by atoms with Crippen molar-refractivity contribution in [3.63, 3.8) is 0 Å². The Kier molecular flexibility index (Phi) is 7.04. The molecular formula is C29H35N3O3S. The first kappa shape index (κ1) is 24.8. The van der Waals surface area contributed by atoms with Crippen molar-refractivity contribution in [3.8, 4) is 0 Å². The van der Waals surface area contributed by atoms with E-state index in [4.69, 9.17) is 0 Å². The Morgan fingerprint density at radius 2 is 1.56 bits per heavy atom. The van der Waals surface area contributed by atoms with Crippen molar-refractivity contribution in [1.82, 2.24) is 8.87 Å². The van der Waals surface area contributed by atoms with E-state index in [0.29, 0.717) is 36.2 Å². The second-order valence-corrected chi connectivity index (χ2v) is 11.7. The summed E-state index contributed by atoms with van der Waals surface area (Å²) in [6.07, 6.45) is 2.78. The molecule has 1 aliphatic heterocycles. The highest BCUT2D eigenvalue weighted by atomic mass is 32.2. The van der Waals surface area contributed by atoms with Gasteiger partial charge in [0.15, 0.2) is 5.78 Å². The molecular weight excluding hydrogens is 470 g/mol. The smallest absolute Gasteiger partial charge is 0.268 e. The lowest BCUT2D eigenvalue weighted by Gasteiger charge is -2.36. The van der Waals surface area contributed by atoms with Crippen molar-refractivity contribution in [2.45, 2.75) is 44.4 Å². The van der Waals surface area contributed by atoms with Crippen molar-refractivity contribution < 1.29 is 13.2 Å². The molecule has 1 aromatic heterocycles. The van der Waals surface area contributed by atoms with Crippen LogP contribution < -0.4 is 4.90 Å². The minimum atomic E-state index is -3.75. The molecule has 0 spiro atoms. The first-order valence-corrected chi connectivity index (χ1v) is 14.5. The first-order valence-electron chi connectivity index (χ1n) is 13.0. The molecule has 3 aromatic rings. The Hall–Kier alpha value is -2.90. The Morgan fingerprint density at radius 3 is 2.19 bits per heavy atom. The number of para-hydroxylation sites is 1.